The molecule has 0 bridgehead atoms. The van der Waals surface area contributed by atoms with Gasteiger partial charge in [-0.3, -0.25) is 4.79 Å². The number of rotatable bonds is 6. The van der Waals surface area contributed by atoms with E-state index in [1.54, 1.807) is 50.1 Å². The SMILES string of the molecule is COc1ccc(NC(=O)C(C)(Cl)CSc2ccccc2)cc1. The molecule has 1 atom stereocenters. The van der Waals surface area contributed by atoms with Crippen LogP contribution in [0.2, 0.25) is 0 Å². The van der Waals surface area contributed by atoms with Crippen LogP contribution < -0.4 is 10.1 Å². The number of benzene rings is 2. The Balaban J connectivity index is 1.94. The zero-order valence-corrected chi connectivity index (χ0v) is 14.1. The van der Waals surface area contributed by atoms with Crippen LogP contribution in [0, 0.1) is 0 Å². The van der Waals surface area contributed by atoms with Gasteiger partial charge in [-0.05, 0) is 43.3 Å². The number of thioether (sulfide) groups is 1. The highest BCUT2D eigenvalue weighted by molar-refractivity contribution is 7.99. The molecular formula is C17H18ClNO2S. The fraction of sp³-hybridized carbons (Fsp3) is 0.235. The number of amides is 1. The topological polar surface area (TPSA) is 38.3 Å². The highest BCUT2D eigenvalue weighted by Gasteiger charge is 2.30. The van der Waals surface area contributed by atoms with Gasteiger partial charge in [0.2, 0.25) is 5.91 Å². The van der Waals surface area contributed by atoms with Crippen molar-refractivity contribution >= 4 is 35.0 Å². The molecular weight excluding hydrogens is 318 g/mol. The van der Waals surface area contributed by atoms with Gasteiger partial charge in [0.05, 0.1) is 7.11 Å². The number of alkyl halides is 1. The number of nitrogens with one attached hydrogen (secondary N) is 1. The maximum Gasteiger partial charge on any atom is 0.246 e. The first kappa shape index (κ1) is 16.7. The third kappa shape index (κ3) is 4.68. The van der Waals surface area contributed by atoms with Crippen molar-refractivity contribution in [1.29, 1.82) is 0 Å². The molecule has 1 amide bonds. The van der Waals surface area contributed by atoms with Crippen molar-refractivity contribution in [3.05, 3.63) is 54.6 Å². The quantitative estimate of drug-likeness (QED) is 0.627. The first-order chi connectivity index (χ1) is 10.5. The van der Waals surface area contributed by atoms with E-state index >= 15 is 0 Å². The molecule has 1 N–H and O–H groups in total. The number of hydrogen-bond acceptors (Lipinski definition) is 3. The lowest BCUT2D eigenvalue weighted by molar-refractivity contribution is -0.117. The van der Waals surface area contributed by atoms with E-state index in [1.165, 1.54) is 0 Å². The van der Waals surface area contributed by atoms with Gasteiger partial charge in [0.15, 0.2) is 0 Å². The molecule has 0 fully saturated rings. The van der Waals surface area contributed by atoms with E-state index in [9.17, 15) is 4.79 Å². The summed E-state index contributed by atoms with van der Waals surface area (Å²) in [5.74, 6) is 1.01. The van der Waals surface area contributed by atoms with Crippen molar-refractivity contribution < 1.29 is 9.53 Å². The predicted octanol–water partition coefficient (Wildman–Crippen LogP) is 4.42. The normalized spacial score (nSPS) is 13.2. The van der Waals surface area contributed by atoms with Gasteiger partial charge in [0.1, 0.15) is 10.6 Å². The molecule has 0 saturated carbocycles. The minimum absolute atomic E-state index is 0.220. The van der Waals surface area contributed by atoms with E-state index in [-0.39, 0.29) is 5.91 Å². The van der Waals surface area contributed by atoms with E-state index in [0.29, 0.717) is 11.4 Å². The van der Waals surface area contributed by atoms with Crippen LogP contribution >= 0.6 is 23.4 Å². The van der Waals surface area contributed by atoms with Gasteiger partial charge < -0.3 is 10.1 Å². The molecule has 0 aliphatic heterocycles. The van der Waals surface area contributed by atoms with Crippen molar-refractivity contribution in [3.63, 3.8) is 0 Å². The van der Waals surface area contributed by atoms with Crippen molar-refractivity contribution in [1.82, 2.24) is 0 Å². The standard InChI is InChI=1S/C17H18ClNO2S/c1-17(18,12-22-15-6-4-3-5-7-15)16(20)19-13-8-10-14(21-2)11-9-13/h3-11H,12H2,1-2H3,(H,19,20). The summed E-state index contributed by atoms with van der Waals surface area (Å²) >= 11 is 7.95. The van der Waals surface area contributed by atoms with Crippen LogP contribution in [-0.4, -0.2) is 23.6 Å². The summed E-state index contributed by atoms with van der Waals surface area (Å²) in [5, 5.41) is 2.83. The van der Waals surface area contributed by atoms with Gasteiger partial charge in [-0.15, -0.1) is 23.4 Å². The van der Waals surface area contributed by atoms with Crippen LogP contribution in [0.5, 0.6) is 5.75 Å². The fourth-order valence-corrected chi connectivity index (χ4v) is 2.87. The van der Waals surface area contributed by atoms with Crippen LogP contribution in [0.4, 0.5) is 5.69 Å². The van der Waals surface area contributed by atoms with Crippen molar-refractivity contribution in [2.45, 2.75) is 16.7 Å². The Kier molecular flexibility index (Phi) is 5.75. The Morgan fingerprint density at radius 2 is 1.82 bits per heavy atom. The van der Waals surface area contributed by atoms with Gasteiger partial charge in [-0.2, -0.15) is 0 Å². The minimum atomic E-state index is -0.986. The average molecular weight is 336 g/mol. The van der Waals surface area contributed by atoms with Gasteiger partial charge >= 0.3 is 0 Å². The molecule has 116 valence electrons. The maximum atomic E-state index is 12.3. The van der Waals surface area contributed by atoms with Gasteiger partial charge in [-0.25, -0.2) is 0 Å². The smallest absolute Gasteiger partial charge is 0.246 e. The van der Waals surface area contributed by atoms with Crippen molar-refractivity contribution in [2.24, 2.45) is 0 Å². The van der Waals surface area contributed by atoms with Crippen LogP contribution in [0.1, 0.15) is 6.92 Å². The summed E-state index contributed by atoms with van der Waals surface area (Å²) in [4.78, 5) is 12.4. The summed E-state index contributed by atoms with van der Waals surface area (Å²) in [5.41, 5.74) is 0.697. The second-order valence-corrected chi connectivity index (χ2v) is 6.86. The lowest BCUT2D eigenvalue weighted by Gasteiger charge is -2.21. The third-order valence-corrected chi connectivity index (χ3v) is 4.87. The zero-order chi connectivity index (χ0) is 16.0. The molecule has 0 aliphatic carbocycles. The van der Waals surface area contributed by atoms with E-state index in [1.807, 2.05) is 30.3 Å². The maximum absolute atomic E-state index is 12.3. The molecule has 0 aromatic heterocycles. The monoisotopic (exact) mass is 335 g/mol. The number of halogens is 1. The lowest BCUT2D eigenvalue weighted by atomic mass is 10.2. The first-order valence-electron chi connectivity index (χ1n) is 6.83. The van der Waals surface area contributed by atoms with Crippen molar-refractivity contribution in [3.8, 4) is 5.75 Å². The molecule has 2 aromatic carbocycles. The van der Waals surface area contributed by atoms with Crippen LogP contribution in [0.3, 0.4) is 0 Å². The van der Waals surface area contributed by atoms with Crippen LogP contribution in [0.15, 0.2) is 59.5 Å². The van der Waals surface area contributed by atoms with E-state index in [2.05, 4.69) is 5.32 Å². The lowest BCUT2D eigenvalue weighted by Crippen LogP contribution is -2.37. The van der Waals surface area contributed by atoms with Crippen LogP contribution in [-0.2, 0) is 4.79 Å². The molecule has 3 nitrogen and oxygen atoms in total. The van der Waals surface area contributed by atoms with Crippen molar-refractivity contribution in [2.75, 3.05) is 18.2 Å². The van der Waals surface area contributed by atoms with Gasteiger partial charge in [-0.1, -0.05) is 18.2 Å². The Morgan fingerprint density at radius 3 is 2.41 bits per heavy atom. The highest BCUT2D eigenvalue weighted by Crippen LogP contribution is 2.28. The summed E-state index contributed by atoms with van der Waals surface area (Å²) < 4.78 is 5.09. The fourth-order valence-electron chi connectivity index (χ4n) is 1.74. The number of anilines is 1. The summed E-state index contributed by atoms with van der Waals surface area (Å²) in [6.45, 7) is 1.73. The molecule has 0 radical (unpaired) electrons. The molecule has 0 spiro atoms. The minimum Gasteiger partial charge on any atom is -0.497 e. The number of ether oxygens (including phenoxy) is 1. The van der Waals surface area contributed by atoms with Gasteiger partial charge in [0.25, 0.3) is 0 Å². The summed E-state index contributed by atoms with van der Waals surface area (Å²) in [6, 6.07) is 17.0. The number of hydrogen-bond donors (Lipinski definition) is 1. The number of methoxy groups -OCH3 is 1. The van der Waals surface area contributed by atoms with E-state index in [0.717, 1.165) is 10.6 Å². The molecule has 2 aromatic rings. The molecule has 2 rings (SSSR count). The average Bonchev–Trinajstić information content (AvgIpc) is 2.54. The number of carbonyl (C=O) groups is 1. The first-order valence-corrected chi connectivity index (χ1v) is 8.20. The zero-order valence-electron chi connectivity index (χ0n) is 12.5. The molecule has 0 aliphatic rings. The predicted molar refractivity (Wildman–Crippen MR) is 93.0 cm³/mol. The second-order valence-electron chi connectivity index (χ2n) is 4.98. The molecule has 5 heteroatoms. The summed E-state index contributed by atoms with van der Waals surface area (Å²) in [6.07, 6.45) is 0. The highest BCUT2D eigenvalue weighted by atomic mass is 35.5. The van der Waals surface area contributed by atoms with Crippen LogP contribution in [0.25, 0.3) is 0 Å². The molecule has 22 heavy (non-hydrogen) atoms. The molecule has 0 heterocycles. The molecule has 0 saturated heterocycles. The third-order valence-electron chi connectivity index (χ3n) is 3.07. The van der Waals surface area contributed by atoms with E-state index < -0.39 is 4.87 Å². The molecule has 1 unspecified atom stereocenters. The Bertz CT molecular complexity index is 614. The second kappa shape index (κ2) is 7.56. The van der Waals surface area contributed by atoms with E-state index in [4.69, 9.17) is 16.3 Å². The Labute approximate surface area is 140 Å². The number of carbonyl (C=O) groups excluding carboxylic acids is 1. The summed E-state index contributed by atoms with van der Waals surface area (Å²) in [7, 11) is 1.60. The Morgan fingerprint density at radius 1 is 1.18 bits per heavy atom. The largest absolute Gasteiger partial charge is 0.497 e. The van der Waals surface area contributed by atoms with Gasteiger partial charge in [0, 0.05) is 16.3 Å². The Hall–Kier alpha value is -1.65.